The van der Waals surface area contributed by atoms with Gasteiger partial charge in [0.15, 0.2) is 0 Å². The van der Waals surface area contributed by atoms with Gasteiger partial charge in [-0.3, -0.25) is 0 Å². The fraction of sp³-hybridized carbons (Fsp3) is 0.231. The molecule has 0 unspecified atom stereocenters. The maximum absolute atomic E-state index is 12.8. The van der Waals surface area contributed by atoms with Crippen LogP contribution in [0, 0.1) is 0 Å². The van der Waals surface area contributed by atoms with Gasteiger partial charge in [-0.1, -0.05) is 23.7 Å². The lowest BCUT2D eigenvalue weighted by Gasteiger charge is -2.12. The third-order valence-corrected chi connectivity index (χ3v) is 2.80. The van der Waals surface area contributed by atoms with Gasteiger partial charge in [-0.05, 0) is 19.1 Å². The largest absolute Gasteiger partial charge is 0.451 e. The fourth-order valence-electron chi connectivity index (χ4n) is 1.61. The number of anilines is 3. The minimum atomic E-state index is -4.62. The van der Waals surface area contributed by atoms with E-state index in [9.17, 15) is 13.2 Å². The highest BCUT2D eigenvalue weighted by Crippen LogP contribution is 2.30. The molecule has 0 radical (unpaired) electrons. The van der Waals surface area contributed by atoms with E-state index in [0.717, 1.165) is 0 Å². The quantitative estimate of drug-likeness (QED) is 0.881. The molecule has 112 valence electrons. The van der Waals surface area contributed by atoms with Crippen LogP contribution in [0.15, 0.2) is 30.3 Å². The molecule has 2 rings (SSSR count). The van der Waals surface area contributed by atoms with Crippen molar-refractivity contribution in [3.63, 3.8) is 0 Å². The minimum Gasteiger partial charge on any atom is -0.370 e. The van der Waals surface area contributed by atoms with E-state index in [4.69, 9.17) is 11.6 Å². The lowest BCUT2D eigenvalue weighted by molar-refractivity contribution is -0.144. The number of alkyl halides is 3. The average Bonchev–Trinajstić information content (AvgIpc) is 2.41. The van der Waals surface area contributed by atoms with Crippen molar-refractivity contribution in [2.24, 2.45) is 0 Å². The molecule has 0 bridgehead atoms. The molecule has 1 aromatic carbocycles. The first-order valence-corrected chi connectivity index (χ1v) is 6.49. The van der Waals surface area contributed by atoms with Gasteiger partial charge >= 0.3 is 6.18 Å². The molecule has 2 N–H and O–H groups in total. The number of rotatable bonds is 4. The first kappa shape index (κ1) is 15.4. The maximum Gasteiger partial charge on any atom is 0.451 e. The molecular formula is C13H12ClF3N4. The molecule has 0 saturated carbocycles. The number of aromatic nitrogens is 2. The molecule has 0 aliphatic heterocycles. The molecule has 0 aliphatic carbocycles. The highest BCUT2D eigenvalue weighted by atomic mass is 35.5. The average molecular weight is 317 g/mol. The van der Waals surface area contributed by atoms with Gasteiger partial charge < -0.3 is 10.6 Å². The van der Waals surface area contributed by atoms with E-state index in [1.807, 2.05) is 0 Å². The summed E-state index contributed by atoms with van der Waals surface area (Å²) < 4.78 is 38.4. The second kappa shape index (κ2) is 6.17. The van der Waals surface area contributed by atoms with Crippen LogP contribution in [0.4, 0.5) is 30.5 Å². The summed E-state index contributed by atoms with van der Waals surface area (Å²) in [5, 5.41) is 5.88. The second-order valence-electron chi connectivity index (χ2n) is 4.09. The molecule has 0 saturated heterocycles. The molecule has 21 heavy (non-hydrogen) atoms. The Hall–Kier alpha value is -2.02. The van der Waals surface area contributed by atoms with E-state index in [2.05, 4.69) is 20.6 Å². The summed E-state index contributed by atoms with van der Waals surface area (Å²) in [6.07, 6.45) is -4.62. The van der Waals surface area contributed by atoms with Crippen LogP contribution in [-0.4, -0.2) is 16.5 Å². The van der Waals surface area contributed by atoms with Crippen LogP contribution in [0.2, 0.25) is 5.02 Å². The fourth-order valence-corrected chi connectivity index (χ4v) is 1.79. The first-order valence-electron chi connectivity index (χ1n) is 6.12. The van der Waals surface area contributed by atoms with E-state index in [0.29, 0.717) is 17.3 Å². The SMILES string of the molecule is CCNc1cc(Nc2ccccc2Cl)nc(C(F)(F)F)n1. The smallest absolute Gasteiger partial charge is 0.370 e. The zero-order valence-corrected chi connectivity index (χ0v) is 11.8. The van der Waals surface area contributed by atoms with E-state index < -0.39 is 12.0 Å². The first-order chi connectivity index (χ1) is 9.90. The summed E-state index contributed by atoms with van der Waals surface area (Å²) in [5.41, 5.74) is 0.466. The zero-order chi connectivity index (χ0) is 15.5. The van der Waals surface area contributed by atoms with Crippen LogP contribution in [0.25, 0.3) is 0 Å². The second-order valence-corrected chi connectivity index (χ2v) is 4.50. The lowest BCUT2D eigenvalue weighted by Crippen LogP contribution is -2.14. The van der Waals surface area contributed by atoms with Gasteiger partial charge in [-0.15, -0.1) is 0 Å². The van der Waals surface area contributed by atoms with Crippen molar-refractivity contribution in [2.75, 3.05) is 17.2 Å². The minimum absolute atomic E-state index is 0.0152. The molecule has 1 aromatic heterocycles. The Labute approximate surface area is 124 Å². The standard InChI is InChI=1S/C13H12ClF3N4/c1-2-18-10-7-11(21-12(20-10)13(15,16)17)19-9-6-4-3-5-8(9)14/h3-7H,2H2,1H3,(H2,18,19,20,21). The summed E-state index contributed by atoms with van der Waals surface area (Å²) in [7, 11) is 0. The van der Waals surface area contributed by atoms with Crippen molar-refractivity contribution in [2.45, 2.75) is 13.1 Å². The van der Waals surface area contributed by atoms with Crippen molar-refractivity contribution in [3.05, 3.63) is 41.2 Å². The number of hydrogen-bond donors (Lipinski definition) is 2. The summed E-state index contributed by atoms with van der Waals surface area (Å²) in [4.78, 5) is 6.92. The van der Waals surface area contributed by atoms with Crippen molar-refractivity contribution in [1.82, 2.24) is 9.97 Å². The van der Waals surface area contributed by atoms with E-state index in [1.165, 1.54) is 6.07 Å². The Bertz CT molecular complexity index is 631. The van der Waals surface area contributed by atoms with Crippen LogP contribution in [-0.2, 0) is 6.18 Å². The van der Waals surface area contributed by atoms with Gasteiger partial charge in [0.05, 0.1) is 10.7 Å². The van der Waals surface area contributed by atoms with Crippen LogP contribution in [0.5, 0.6) is 0 Å². The predicted molar refractivity (Wildman–Crippen MR) is 75.9 cm³/mol. The van der Waals surface area contributed by atoms with Gasteiger partial charge in [0.2, 0.25) is 5.82 Å². The number of benzene rings is 1. The molecule has 1 heterocycles. The molecule has 8 heteroatoms. The van der Waals surface area contributed by atoms with Crippen molar-refractivity contribution in [1.29, 1.82) is 0 Å². The van der Waals surface area contributed by atoms with Crippen LogP contribution in [0.3, 0.4) is 0 Å². The molecule has 0 fully saturated rings. The Kier molecular flexibility index (Phi) is 4.52. The Morgan fingerprint density at radius 1 is 1.14 bits per heavy atom. The highest BCUT2D eigenvalue weighted by Gasteiger charge is 2.35. The Balaban J connectivity index is 2.38. The number of para-hydroxylation sites is 1. The van der Waals surface area contributed by atoms with E-state index in [-0.39, 0.29) is 11.6 Å². The summed E-state index contributed by atoms with van der Waals surface area (Å²) in [6.45, 7) is 2.20. The maximum atomic E-state index is 12.8. The molecule has 2 aromatic rings. The normalized spacial score (nSPS) is 11.3. The Morgan fingerprint density at radius 3 is 2.43 bits per heavy atom. The van der Waals surface area contributed by atoms with Crippen LogP contribution >= 0.6 is 11.6 Å². The number of nitrogens with one attached hydrogen (secondary N) is 2. The summed E-state index contributed by atoms with van der Waals surface area (Å²) >= 11 is 5.96. The van der Waals surface area contributed by atoms with Crippen LogP contribution < -0.4 is 10.6 Å². The van der Waals surface area contributed by atoms with Crippen molar-refractivity contribution >= 4 is 28.9 Å². The van der Waals surface area contributed by atoms with E-state index in [1.54, 1.807) is 31.2 Å². The van der Waals surface area contributed by atoms with Crippen molar-refractivity contribution < 1.29 is 13.2 Å². The molecule has 0 atom stereocenters. The summed E-state index contributed by atoms with van der Waals surface area (Å²) in [6, 6.07) is 8.09. The lowest BCUT2D eigenvalue weighted by atomic mass is 10.3. The zero-order valence-electron chi connectivity index (χ0n) is 11.0. The van der Waals surface area contributed by atoms with E-state index >= 15 is 0 Å². The van der Waals surface area contributed by atoms with Gasteiger partial charge in [-0.25, -0.2) is 9.97 Å². The van der Waals surface area contributed by atoms with Gasteiger partial charge in [0.25, 0.3) is 0 Å². The van der Waals surface area contributed by atoms with Crippen molar-refractivity contribution in [3.8, 4) is 0 Å². The number of halogens is 4. The third-order valence-electron chi connectivity index (χ3n) is 2.47. The topological polar surface area (TPSA) is 49.8 Å². The highest BCUT2D eigenvalue weighted by molar-refractivity contribution is 6.33. The predicted octanol–water partition coefficient (Wildman–Crippen LogP) is 4.32. The molecule has 4 nitrogen and oxygen atoms in total. The van der Waals surface area contributed by atoms with Gasteiger partial charge in [0, 0.05) is 12.6 Å². The monoisotopic (exact) mass is 316 g/mol. The van der Waals surface area contributed by atoms with Gasteiger partial charge in [0.1, 0.15) is 11.6 Å². The molecule has 0 amide bonds. The molecule has 0 aliphatic rings. The van der Waals surface area contributed by atoms with Gasteiger partial charge in [-0.2, -0.15) is 13.2 Å². The summed E-state index contributed by atoms with van der Waals surface area (Å²) in [5.74, 6) is -1.11. The number of nitrogens with zero attached hydrogens (tertiary/aromatic N) is 2. The number of hydrogen-bond acceptors (Lipinski definition) is 4. The molecular weight excluding hydrogens is 305 g/mol. The molecule has 0 spiro atoms. The Morgan fingerprint density at radius 2 is 1.81 bits per heavy atom. The van der Waals surface area contributed by atoms with Crippen LogP contribution in [0.1, 0.15) is 12.7 Å². The third kappa shape index (κ3) is 3.98.